The topological polar surface area (TPSA) is 84.3 Å². The number of anilines is 1. The highest BCUT2D eigenvalue weighted by Crippen LogP contribution is 2.34. The number of nitro groups is 1. The Kier molecular flexibility index (Phi) is 4.27. The monoisotopic (exact) mass is 291 g/mol. The molecule has 0 radical (unpaired) electrons. The number of carbonyl (C=O) groups is 1. The molecule has 1 unspecified atom stereocenters. The SMILES string of the molecule is CCC1(C(=O)Nc2cc(C)c(C)cc2[N+](=O)[O-])CCNC1. The number of nitro benzene ring substituents is 1. The summed E-state index contributed by atoms with van der Waals surface area (Å²) in [4.78, 5) is 23.3. The fraction of sp³-hybridized carbons (Fsp3) is 0.533. The fourth-order valence-corrected chi connectivity index (χ4v) is 2.71. The summed E-state index contributed by atoms with van der Waals surface area (Å²) in [6.45, 7) is 7.09. The van der Waals surface area contributed by atoms with E-state index >= 15 is 0 Å². The van der Waals surface area contributed by atoms with Gasteiger partial charge in [-0.05, 0) is 50.4 Å². The fourth-order valence-electron chi connectivity index (χ4n) is 2.71. The zero-order valence-electron chi connectivity index (χ0n) is 12.7. The van der Waals surface area contributed by atoms with Crippen LogP contribution in [0.2, 0.25) is 0 Å². The summed E-state index contributed by atoms with van der Waals surface area (Å²) in [5.41, 5.74) is 1.53. The van der Waals surface area contributed by atoms with E-state index in [1.807, 2.05) is 20.8 Å². The van der Waals surface area contributed by atoms with E-state index in [1.165, 1.54) is 6.07 Å². The van der Waals surface area contributed by atoms with Crippen LogP contribution < -0.4 is 10.6 Å². The highest BCUT2D eigenvalue weighted by molar-refractivity contribution is 5.97. The van der Waals surface area contributed by atoms with Crippen molar-refractivity contribution in [3.8, 4) is 0 Å². The average molecular weight is 291 g/mol. The van der Waals surface area contributed by atoms with Gasteiger partial charge in [0.2, 0.25) is 5.91 Å². The van der Waals surface area contributed by atoms with E-state index in [-0.39, 0.29) is 17.3 Å². The second kappa shape index (κ2) is 5.81. The van der Waals surface area contributed by atoms with Crippen LogP contribution in [0.15, 0.2) is 12.1 Å². The smallest absolute Gasteiger partial charge is 0.293 e. The zero-order chi connectivity index (χ0) is 15.6. The number of benzene rings is 1. The molecule has 1 heterocycles. The highest BCUT2D eigenvalue weighted by Gasteiger charge is 2.40. The van der Waals surface area contributed by atoms with E-state index in [2.05, 4.69) is 10.6 Å². The van der Waals surface area contributed by atoms with Gasteiger partial charge in [-0.1, -0.05) is 6.92 Å². The lowest BCUT2D eigenvalue weighted by molar-refractivity contribution is -0.384. The van der Waals surface area contributed by atoms with Crippen LogP contribution in [0.25, 0.3) is 0 Å². The second-order valence-corrected chi connectivity index (χ2v) is 5.73. The van der Waals surface area contributed by atoms with E-state index in [1.54, 1.807) is 6.07 Å². The normalized spacial score (nSPS) is 21.3. The minimum absolute atomic E-state index is 0.0522. The molecule has 1 saturated heterocycles. The van der Waals surface area contributed by atoms with Crippen LogP contribution in [0.5, 0.6) is 0 Å². The molecule has 6 nitrogen and oxygen atoms in total. The van der Waals surface area contributed by atoms with Gasteiger partial charge in [-0.3, -0.25) is 14.9 Å². The van der Waals surface area contributed by atoms with E-state index in [0.717, 1.165) is 24.1 Å². The largest absolute Gasteiger partial charge is 0.320 e. The molecular formula is C15H21N3O3. The van der Waals surface area contributed by atoms with Crippen molar-refractivity contribution in [2.45, 2.75) is 33.6 Å². The Hall–Kier alpha value is -1.95. The number of aryl methyl sites for hydroxylation is 2. The van der Waals surface area contributed by atoms with E-state index in [4.69, 9.17) is 0 Å². The van der Waals surface area contributed by atoms with E-state index in [9.17, 15) is 14.9 Å². The molecule has 0 spiro atoms. The molecule has 1 fully saturated rings. The van der Waals surface area contributed by atoms with Gasteiger partial charge in [0.05, 0.1) is 10.3 Å². The Bertz CT molecular complexity index is 578. The van der Waals surface area contributed by atoms with Gasteiger partial charge in [0.1, 0.15) is 5.69 Å². The third kappa shape index (κ3) is 2.90. The number of hydrogen-bond acceptors (Lipinski definition) is 4. The van der Waals surface area contributed by atoms with Crippen LogP contribution in [0, 0.1) is 29.4 Å². The van der Waals surface area contributed by atoms with Crippen LogP contribution in [0.3, 0.4) is 0 Å². The van der Waals surface area contributed by atoms with E-state index in [0.29, 0.717) is 13.0 Å². The molecule has 114 valence electrons. The molecule has 1 aliphatic rings. The van der Waals surface area contributed by atoms with Crippen molar-refractivity contribution in [2.24, 2.45) is 5.41 Å². The first-order valence-electron chi connectivity index (χ1n) is 7.17. The number of rotatable bonds is 4. The van der Waals surface area contributed by atoms with Crippen LogP contribution >= 0.6 is 0 Å². The van der Waals surface area contributed by atoms with Gasteiger partial charge in [0.25, 0.3) is 5.69 Å². The van der Waals surface area contributed by atoms with E-state index < -0.39 is 10.3 Å². The summed E-state index contributed by atoms with van der Waals surface area (Å²) < 4.78 is 0. The molecule has 1 aliphatic heterocycles. The van der Waals surface area contributed by atoms with Crippen molar-refractivity contribution in [1.82, 2.24) is 5.32 Å². The minimum atomic E-state index is -0.466. The summed E-state index contributed by atoms with van der Waals surface area (Å²) in [5, 5.41) is 17.1. The first kappa shape index (κ1) is 15.4. The van der Waals surface area contributed by atoms with Crippen molar-refractivity contribution in [2.75, 3.05) is 18.4 Å². The van der Waals surface area contributed by atoms with Gasteiger partial charge >= 0.3 is 0 Å². The second-order valence-electron chi connectivity index (χ2n) is 5.73. The van der Waals surface area contributed by atoms with Crippen molar-refractivity contribution >= 4 is 17.3 Å². The number of nitrogens with one attached hydrogen (secondary N) is 2. The maximum Gasteiger partial charge on any atom is 0.293 e. The van der Waals surface area contributed by atoms with Gasteiger partial charge in [0.15, 0.2) is 0 Å². The van der Waals surface area contributed by atoms with Gasteiger partial charge in [-0.15, -0.1) is 0 Å². The van der Waals surface area contributed by atoms with Gasteiger partial charge in [-0.2, -0.15) is 0 Å². The lowest BCUT2D eigenvalue weighted by Crippen LogP contribution is -2.37. The molecule has 21 heavy (non-hydrogen) atoms. The zero-order valence-corrected chi connectivity index (χ0v) is 12.7. The van der Waals surface area contributed by atoms with Gasteiger partial charge < -0.3 is 10.6 Å². The molecule has 2 rings (SSSR count). The minimum Gasteiger partial charge on any atom is -0.320 e. The lowest BCUT2D eigenvalue weighted by Gasteiger charge is -2.25. The van der Waals surface area contributed by atoms with Gasteiger partial charge in [0, 0.05) is 12.6 Å². The summed E-state index contributed by atoms with van der Waals surface area (Å²) in [6, 6.07) is 3.19. The Balaban J connectivity index is 2.32. The van der Waals surface area contributed by atoms with Crippen LogP contribution in [-0.2, 0) is 4.79 Å². The summed E-state index contributed by atoms with van der Waals surface area (Å²) in [7, 11) is 0. The Morgan fingerprint density at radius 2 is 2.10 bits per heavy atom. The molecule has 1 aromatic carbocycles. The lowest BCUT2D eigenvalue weighted by atomic mass is 9.83. The first-order chi connectivity index (χ1) is 9.89. The molecule has 0 bridgehead atoms. The number of nitrogens with zero attached hydrogens (tertiary/aromatic N) is 1. The third-order valence-electron chi connectivity index (χ3n) is 4.46. The molecule has 0 saturated carbocycles. The number of amides is 1. The highest BCUT2D eigenvalue weighted by atomic mass is 16.6. The maximum atomic E-state index is 12.6. The predicted molar refractivity (Wildman–Crippen MR) is 81.4 cm³/mol. The first-order valence-corrected chi connectivity index (χ1v) is 7.17. The standard InChI is InChI=1S/C15H21N3O3/c1-4-15(5-6-16-9-15)14(19)17-12-7-10(2)11(3)8-13(12)18(20)21/h7-8,16H,4-6,9H2,1-3H3,(H,17,19). The van der Waals surface area contributed by atoms with Crippen molar-refractivity contribution in [1.29, 1.82) is 0 Å². The molecule has 6 heteroatoms. The summed E-state index contributed by atoms with van der Waals surface area (Å²) in [6.07, 6.45) is 1.47. The molecule has 0 aliphatic carbocycles. The van der Waals surface area contributed by atoms with Crippen LogP contribution in [0.4, 0.5) is 11.4 Å². The molecule has 1 aromatic rings. The Morgan fingerprint density at radius 1 is 1.43 bits per heavy atom. The quantitative estimate of drug-likeness (QED) is 0.659. The molecule has 0 aromatic heterocycles. The average Bonchev–Trinajstić information content (AvgIpc) is 2.92. The summed E-state index contributed by atoms with van der Waals surface area (Å²) >= 11 is 0. The van der Waals surface area contributed by atoms with Crippen molar-refractivity contribution in [3.63, 3.8) is 0 Å². The molecular weight excluding hydrogens is 270 g/mol. The van der Waals surface area contributed by atoms with Crippen molar-refractivity contribution in [3.05, 3.63) is 33.4 Å². The van der Waals surface area contributed by atoms with Crippen LogP contribution in [0.1, 0.15) is 30.9 Å². The van der Waals surface area contributed by atoms with Gasteiger partial charge in [-0.25, -0.2) is 0 Å². The predicted octanol–water partition coefficient (Wildman–Crippen LogP) is 2.54. The molecule has 1 atom stereocenters. The molecule has 2 N–H and O–H groups in total. The number of carbonyl (C=O) groups excluding carboxylic acids is 1. The summed E-state index contributed by atoms with van der Waals surface area (Å²) in [5.74, 6) is -0.138. The Morgan fingerprint density at radius 3 is 2.62 bits per heavy atom. The molecule has 1 amide bonds. The Labute approximate surface area is 124 Å². The maximum absolute atomic E-state index is 12.6. The van der Waals surface area contributed by atoms with Crippen molar-refractivity contribution < 1.29 is 9.72 Å². The number of hydrogen-bond donors (Lipinski definition) is 2. The van der Waals surface area contributed by atoms with Crippen LogP contribution in [-0.4, -0.2) is 23.9 Å². The third-order valence-corrected chi connectivity index (χ3v) is 4.46.